The number of carbonyl (C=O) groups excluding carboxylic acids is 1. The van der Waals surface area contributed by atoms with Gasteiger partial charge in [0.15, 0.2) is 9.84 Å². The molecule has 2 rings (SSSR count). The standard InChI is InChI=1S/C17H23NO5S/c1-11(2)16(17(20)21)18-15(19)8-9-24(22,23)14-7-6-12-4-3-5-13(12)10-14/h6-7,10-11,16H,3-5,8-9H2,1-2H3,(H,18,19)(H,20,21)/t16-/m0/s1. The molecule has 132 valence electrons. The smallest absolute Gasteiger partial charge is 0.326 e. The largest absolute Gasteiger partial charge is 0.480 e. The lowest BCUT2D eigenvalue weighted by atomic mass is 10.0. The topological polar surface area (TPSA) is 101 Å². The Bertz CT molecular complexity index is 739. The van der Waals surface area contributed by atoms with E-state index in [1.54, 1.807) is 26.0 Å². The molecule has 1 atom stereocenters. The molecule has 1 aromatic rings. The summed E-state index contributed by atoms with van der Waals surface area (Å²) < 4.78 is 24.8. The van der Waals surface area contributed by atoms with Gasteiger partial charge in [0, 0.05) is 6.42 Å². The van der Waals surface area contributed by atoms with Crippen molar-refractivity contribution in [3.8, 4) is 0 Å². The summed E-state index contributed by atoms with van der Waals surface area (Å²) >= 11 is 0. The van der Waals surface area contributed by atoms with Crippen LogP contribution in [0.5, 0.6) is 0 Å². The first-order chi connectivity index (χ1) is 11.2. The highest BCUT2D eigenvalue weighted by Gasteiger charge is 2.25. The summed E-state index contributed by atoms with van der Waals surface area (Å²) in [4.78, 5) is 23.2. The van der Waals surface area contributed by atoms with Gasteiger partial charge in [-0.2, -0.15) is 0 Å². The van der Waals surface area contributed by atoms with Crippen LogP contribution in [0, 0.1) is 5.92 Å². The van der Waals surface area contributed by atoms with E-state index in [0.29, 0.717) is 0 Å². The highest BCUT2D eigenvalue weighted by molar-refractivity contribution is 7.91. The van der Waals surface area contributed by atoms with Crippen LogP contribution >= 0.6 is 0 Å². The van der Waals surface area contributed by atoms with Crippen LogP contribution in [-0.2, 0) is 32.3 Å². The first-order valence-corrected chi connectivity index (χ1v) is 9.72. The Morgan fingerprint density at radius 3 is 2.50 bits per heavy atom. The minimum Gasteiger partial charge on any atom is -0.480 e. The van der Waals surface area contributed by atoms with Gasteiger partial charge in [0.05, 0.1) is 10.6 Å². The van der Waals surface area contributed by atoms with Crippen LogP contribution < -0.4 is 5.32 Å². The van der Waals surface area contributed by atoms with Crippen molar-refractivity contribution in [3.63, 3.8) is 0 Å². The predicted octanol–water partition coefficient (Wildman–Crippen LogP) is 1.56. The van der Waals surface area contributed by atoms with E-state index < -0.39 is 27.8 Å². The van der Waals surface area contributed by atoms with Gasteiger partial charge in [0.2, 0.25) is 5.91 Å². The van der Waals surface area contributed by atoms with Crippen LogP contribution in [0.25, 0.3) is 0 Å². The summed E-state index contributed by atoms with van der Waals surface area (Å²) in [5.41, 5.74) is 2.25. The molecular formula is C17H23NO5S. The molecular weight excluding hydrogens is 330 g/mol. The number of hydrogen-bond donors (Lipinski definition) is 2. The molecule has 0 fully saturated rings. The Morgan fingerprint density at radius 1 is 1.21 bits per heavy atom. The molecule has 0 aromatic heterocycles. The van der Waals surface area contributed by atoms with E-state index in [-0.39, 0.29) is 23.0 Å². The highest BCUT2D eigenvalue weighted by atomic mass is 32.2. The van der Waals surface area contributed by atoms with Gasteiger partial charge in [-0.1, -0.05) is 19.9 Å². The molecule has 0 radical (unpaired) electrons. The zero-order chi connectivity index (χ0) is 17.9. The lowest BCUT2D eigenvalue weighted by Gasteiger charge is -2.17. The fourth-order valence-corrected chi connectivity index (χ4v) is 4.13. The molecule has 6 nitrogen and oxygen atoms in total. The number of amides is 1. The number of carboxylic acids is 1. The van der Waals surface area contributed by atoms with Gasteiger partial charge in [-0.25, -0.2) is 13.2 Å². The van der Waals surface area contributed by atoms with Crippen molar-refractivity contribution in [1.29, 1.82) is 0 Å². The summed E-state index contributed by atoms with van der Waals surface area (Å²) in [5.74, 6) is -2.30. The average Bonchev–Trinajstić information content (AvgIpc) is 2.97. The van der Waals surface area contributed by atoms with Gasteiger partial charge in [-0.15, -0.1) is 0 Å². The number of nitrogens with one attached hydrogen (secondary N) is 1. The zero-order valence-corrected chi connectivity index (χ0v) is 14.7. The fraction of sp³-hybridized carbons (Fsp3) is 0.529. The Kier molecular flexibility index (Phi) is 5.64. The van der Waals surface area contributed by atoms with Gasteiger partial charge in [0.1, 0.15) is 6.04 Å². The molecule has 1 aliphatic carbocycles. The van der Waals surface area contributed by atoms with Gasteiger partial charge in [-0.05, 0) is 48.4 Å². The summed E-state index contributed by atoms with van der Waals surface area (Å²) in [6.45, 7) is 3.36. The second kappa shape index (κ2) is 7.34. The highest BCUT2D eigenvalue weighted by Crippen LogP contribution is 2.25. The number of sulfone groups is 1. The van der Waals surface area contributed by atoms with Crippen molar-refractivity contribution in [3.05, 3.63) is 29.3 Å². The molecule has 24 heavy (non-hydrogen) atoms. The maximum atomic E-state index is 12.4. The molecule has 0 bridgehead atoms. The number of rotatable bonds is 7. The minimum atomic E-state index is -3.56. The van der Waals surface area contributed by atoms with E-state index in [1.165, 1.54) is 5.56 Å². The molecule has 1 aliphatic rings. The zero-order valence-electron chi connectivity index (χ0n) is 13.9. The number of aryl methyl sites for hydroxylation is 2. The van der Waals surface area contributed by atoms with Crippen molar-refractivity contribution in [2.24, 2.45) is 5.92 Å². The predicted molar refractivity (Wildman–Crippen MR) is 89.5 cm³/mol. The van der Waals surface area contributed by atoms with Crippen LogP contribution in [0.1, 0.15) is 37.8 Å². The third-order valence-corrected chi connectivity index (χ3v) is 5.99. The molecule has 0 unspecified atom stereocenters. The summed E-state index contributed by atoms with van der Waals surface area (Å²) in [6.07, 6.45) is 2.64. The number of carbonyl (C=O) groups is 2. The maximum Gasteiger partial charge on any atom is 0.326 e. The second-order valence-electron chi connectivity index (χ2n) is 6.48. The van der Waals surface area contributed by atoms with Crippen LogP contribution in [-0.4, -0.2) is 37.2 Å². The van der Waals surface area contributed by atoms with E-state index in [9.17, 15) is 18.0 Å². The second-order valence-corrected chi connectivity index (χ2v) is 8.59. The third kappa shape index (κ3) is 4.35. The number of hydrogen-bond acceptors (Lipinski definition) is 4. The monoisotopic (exact) mass is 353 g/mol. The first-order valence-electron chi connectivity index (χ1n) is 8.07. The van der Waals surface area contributed by atoms with Crippen molar-refractivity contribution >= 4 is 21.7 Å². The van der Waals surface area contributed by atoms with Gasteiger partial charge >= 0.3 is 5.97 Å². The fourth-order valence-electron chi connectivity index (χ4n) is 2.85. The lowest BCUT2D eigenvalue weighted by Crippen LogP contribution is -2.44. The van der Waals surface area contributed by atoms with E-state index in [1.807, 2.05) is 6.07 Å². The molecule has 0 heterocycles. The van der Waals surface area contributed by atoms with Crippen molar-refractivity contribution < 1.29 is 23.1 Å². The van der Waals surface area contributed by atoms with Crippen LogP contribution in [0.3, 0.4) is 0 Å². The Labute approximate surface area is 142 Å². The summed E-state index contributed by atoms with van der Waals surface area (Å²) in [7, 11) is -3.56. The van der Waals surface area contributed by atoms with Gasteiger partial charge in [-0.3, -0.25) is 4.79 Å². The third-order valence-electron chi connectivity index (χ3n) is 4.28. The first kappa shape index (κ1) is 18.4. The molecule has 0 aliphatic heterocycles. The molecule has 2 N–H and O–H groups in total. The lowest BCUT2D eigenvalue weighted by molar-refractivity contribution is -0.143. The molecule has 0 spiro atoms. The molecule has 7 heteroatoms. The van der Waals surface area contributed by atoms with Gasteiger partial charge in [0.25, 0.3) is 0 Å². The molecule has 1 amide bonds. The van der Waals surface area contributed by atoms with Crippen LogP contribution in [0.15, 0.2) is 23.1 Å². The molecule has 1 aromatic carbocycles. The quantitative estimate of drug-likeness (QED) is 0.775. The molecule has 0 saturated heterocycles. The minimum absolute atomic E-state index is 0.231. The van der Waals surface area contributed by atoms with Crippen LogP contribution in [0.4, 0.5) is 0 Å². The van der Waals surface area contributed by atoms with Crippen LogP contribution in [0.2, 0.25) is 0 Å². The summed E-state index contributed by atoms with van der Waals surface area (Å²) in [5, 5.41) is 11.4. The SMILES string of the molecule is CC(C)[C@H](NC(=O)CCS(=O)(=O)c1ccc2c(c1)CCC2)C(=O)O. The number of aliphatic carboxylic acids is 1. The van der Waals surface area contributed by atoms with E-state index in [0.717, 1.165) is 24.8 Å². The van der Waals surface area contributed by atoms with E-state index in [4.69, 9.17) is 5.11 Å². The van der Waals surface area contributed by atoms with E-state index >= 15 is 0 Å². The maximum absolute atomic E-state index is 12.4. The van der Waals surface area contributed by atoms with Crippen molar-refractivity contribution in [2.75, 3.05) is 5.75 Å². The number of fused-ring (bicyclic) bond motifs is 1. The normalized spacial score (nSPS) is 15.1. The van der Waals surface area contributed by atoms with E-state index in [2.05, 4.69) is 5.32 Å². The van der Waals surface area contributed by atoms with Crippen molar-refractivity contribution in [2.45, 2.75) is 50.5 Å². The number of carboxylic acid groups (broad SMARTS) is 1. The average molecular weight is 353 g/mol. The Hall–Kier alpha value is -1.89. The Balaban J connectivity index is 2.00. The van der Waals surface area contributed by atoms with Crippen molar-refractivity contribution in [1.82, 2.24) is 5.32 Å². The number of benzene rings is 1. The van der Waals surface area contributed by atoms with Gasteiger partial charge < -0.3 is 10.4 Å². The Morgan fingerprint density at radius 2 is 1.88 bits per heavy atom. The summed E-state index contributed by atoms with van der Waals surface area (Å²) in [6, 6.07) is 4.12. The molecule has 0 saturated carbocycles.